The molecule has 0 heterocycles. The predicted octanol–water partition coefficient (Wildman–Crippen LogP) is 3.20. The molecule has 0 fully saturated rings. The smallest absolute Gasteiger partial charge is 0.203 e. The number of ether oxygens (including phenoxy) is 4. The average molecular weight is 495 g/mol. The van der Waals surface area contributed by atoms with E-state index in [1.807, 2.05) is 26.0 Å². The minimum Gasteiger partial charge on any atom is -0.493 e. The van der Waals surface area contributed by atoms with Crippen molar-refractivity contribution in [2.75, 3.05) is 47.6 Å². The lowest BCUT2D eigenvalue weighted by atomic mass is 10.2. The van der Waals surface area contributed by atoms with Crippen LogP contribution in [0.1, 0.15) is 32.3 Å². The van der Waals surface area contributed by atoms with E-state index in [0.29, 0.717) is 23.8 Å². The lowest BCUT2D eigenvalue weighted by molar-refractivity contribution is 0.143. The lowest BCUT2D eigenvalue weighted by Crippen LogP contribution is -2.37. The summed E-state index contributed by atoms with van der Waals surface area (Å²) in [4.78, 5) is 4.64. The Morgan fingerprint density at radius 1 is 0.963 bits per heavy atom. The molecule has 0 saturated carbocycles. The van der Waals surface area contributed by atoms with Crippen molar-refractivity contribution in [3.8, 4) is 17.2 Å². The SMILES string of the molecule is CCNC(=NCc1cc(OC)c(OC)c(OC)c1)NCCCCOCC.I. The summed E-state index contributed by atoms with van der Waals surface area (Å²) in [6.45, 7) is 7.80. The van der Waals surface area contributed by atoms with Crippen LogP contribution in [0.25, 0.3) is 0 Å². The molecule has 0 aliphatic heterocycles. The normalized spacial score (nSPS) is 10.8. The van der Waals surface area contributed by atoms with Gasteiger partial charge in [0.15, 0.2) is 17.5 Å². The Morgan fingerprint density at radius 3 is 2.15 bits per heavy atom. The van der Waals surface area contributed by atoms with Crippen LogP contribution in [0.15, 0.2) is 17.1 Å². The molecule has 0 bridgehead atoms. The van der Waals surface area contributed by atoms with Gasteiger partial charge in [0.05, 0.1) is 27.9 Å². The summed E-state index contributed by atoms with van der Waals surface area (Å²) >= 11 is 0. The molecule has 0 saturated heterocycles. The van der Waals surface area contributed by atoms with E-state index in [4.69, 9.17) is 18.9 Å². The molecular formula is C19H34IN3O4. The molecule has 2 N–H and O–H groups in total. The molecule has 1 aromatic rings. The fourth-order valence-electron chi connectivity index (χ4n) is 2.42. The van der Waals surface area contributed by atoms with Crippen LogP contribution in [0.2, 0.25) is 0 Å². The molecule has 0 spiro atoms. The van der Waals surface area contributed by atoms with E-state index in [0.717, 1.165) is 50.7 Å². The molecule has 156 valence electrons. The third-order valence-electron chi connectivity index (χ3n) is 3.70. The number of hydrogen-bond acceptors (Lipinski definition) is 5. The molecule has 8 heteroatoms. The number of unbranched alkanes of at least 4 members (excludes halogenated alkanes) is 1. The van der Waals surface area contributed by atoms with E-state index in [2.05, 4.69) is 15.6 Å². The fourth-order valence-corrected chi connectivity index (χ4v) is 2.42. The van der Waals surface area contributed by atoms with Gasteiger partial charge in [0.25, 0.3) is 0 Å². The topological polar surface area (TPSA) is 73.3 Å². The highest BCUT2D eigenvalue weighted by atomic mass is 127. The predicted molar refractivity (Wildman–Crippen MR) is 120 cm³/mol. The van der Waals surface area contributed by atoms with E-state index in [9.17, 15) is 0 Å². The second-order valence-electron chi connectivity index (χ2n) is 5.56. The molecule has 0 unspecified atom stereocenters. The van der Waals surface area contributed by atoms with Gasteiger partial charge in [-0.05, 0) is 44.4 Å². The van der Waals surface area contributed by atoms with Crippen LogP contribution in [-0.4, -0.2) is 53.6 Å². The molecule has 0 atom stereocenters. The number of nitrogens with zero attached hydrogens (tertiary/aromatic N) is 1. The van der Waals surface area contributed by atoms with Gasteiger partial charge in [-0.1, -0.05) is 0 Å². The first-order valence-corrected chi connectivity index (χ1v) is 9.08. The van der Waals surface area contributed by atoms with Crippen LogP contribution in [0.3, 0.4) is 0 Å². The van der Waals surface area contributed by atoms with Gasteiger partial charge in [-0.25, -0.2) is 4.99 Å². The Hall–Kier alpha value is -1.42. The van der Waals surface area contributed by atoms with Crippen molar-refractivity contribution in [1.29, 1.82) is 0 Å². The van der Waals surface area contributed by atoms with Crippen LogP contribution < -0.4 is 24.8 Å². The molecular weight excluding hydrogens is 461 g/mol. The number of aliphatic imine (C=N–C) groups is 1. The zero-order valence-electron chi connectivity index (χ0n) is 17.1. The molecule has 0 amide bonds. The number of hydrogen-bond donors (Lipinski definition) is 2. The van der Waals surface area contributed by atoms with Crippen LogP contribution in [0.4, 0.5) is 0 Å². The van der Waals surface area contributed by atoms with E-state index < -0.39 is 0 Å². The van der Waals surface area contributed by atoms with Gasteiger partial charge >= 0.3 is 0 Å². The molecule has 27 heavy (non-hydrogen) atoms. The van der Waals surface area contributed by atoms with E-state index in [1.165, 1.54) is 0 Å². The van der Waals surface area contributed by atoms with Crippen molar-refractivity contribution in [3.63, 3.8) is 0 Å². The highest BCUT2D eigenvalue weighted by Crippen LogP contribution is 2.38. The Bertz CT molecular complexity index is 531. The maximum absolute atomic E-state index is 5.39. The second-order valence-corrected chi connectivity index (χ2v) is 5.56. The average Bonchev–Trinajstić information content (AvgIpc) is 2.67. The van der Waals surface area contributed by atoms with E-state index in [-0.39, 0.29) is 24.0 Å². The maximum Gasteiger partial charge on any atom is 0.203 e. The molecule has 0 radical (unpaired) electrons. The fraction of sp³-hybridized carbons (Fsp3) is 0.632. The number of guanidine groups is 1. The molecule has 0 aliphatic carbocycles. The Balaban J connectivity index is 0.00000676. The molecule has 7 nitrogen and oxygen atoms in total. The molecule has 1 rings (SSSR count). The van der Waals surface area contributed by atoms with Crippen LogP contribution in [0, 0.1) is 0 Å². The highest BCUT2D eigenvalue weighted by molar-refractivity contribution is 14.0. The quantitative estimate of drug-likeness (QED) is 0.201. The summed E-state index contributed by atoms with van der Waals surface area (Å²) in [7, 11) is 4.81. The summed E-state index contributed by atoms with van der Waals surface area (Å²) < 4.78 is 21.5. The molecule has 1 aromatic carbocycles. The van der Waals surface area contributed by atoms with Gasteiger partial charge in [-0.2, -0.15) is 0 Å². The zero-order valence-corrected chi connectivity index (χ0v) is 19.4. The molecule has 0 aromatic heterocycles. The Kier molecular flexibility index (Phi) is 14.8. The van der Waals surface area contributed by atoms with Crippen molar-refractivity contribution in [2.24, 2.45) is 4.99 Å². The summed E-state index contributed by atoms with van der Waals surface area (Å²) in [6, 6.07) is 3.83. The van der Waals surface area contributed by atoms with Crippen molar-refractivity contribution >= 4 is 29.9 Å². The van der Waals surface area contributed by atoms with Crippen molar-refractivity contribution < 1.29 is 18.9 Å². The summed E-state index contributed by atoms with van der Waals surface area (Å²) in [6.07, 6.45) is 2.07. The highest BCUT2D eigenvalue weighted by Gasteiger charge is 2.13. The van der Waals surface area contributed by atoms with Gasteiger partial charge in [-0.15, -0.1) is 24.0 Å². The Labute approximate surface area is 180 Å². The second kappa shape index (κ2) is 15.6. The summed E-state index contributed by atoms with van der Waals surface area (Å²) in [5.74, 6) is 2.64. The maximum atomic E-state index is 5.39. The largest absolute Gasteiger partial charge is 0.493 e. The first-order valence-electron chi connectivity index (χ1n) is 9.08. The number of halogens is 1. The van der Waals surface area contributed by atoms with Crippen molar-refractivity contribution in [3.05, 3.63) is 17.7 Å². The summed E-state index contributed by atoms with van der Waals surface area (Å²) in [5.41, 5.74) is 0.980. The number of benzene rings is 1. The van der Waals surface area contributed by atoms with Gasteiger partial charge in [0.2, 0.25) is 5.75 Å². The van der Waals surface area contributed by atoms with Gasteiger partial charge in [0.1, 0.15) is 0 Å². The van der Waals surface area contributed by atoms with Gasteiger partial charge < -0.3 is 29.6 Å². The van der Waals surface area contributed by atoms with Crippen LogP contribution in [-0.2, 0) is 11.3 Å². The monoisotopic (exact) mass is 495 g/mol. The minimum absolute atomic E-state index is 0. The third kappa shape index (κ3) is 9.37. The summed E-state index contributed by atoms with van der Waals surface area (Å²) in [5, 5.41) is 6.60. The first kappa shape index (κ1) is 25.6. The van der Waals surface area contributed by atoms with E-state index >= 15 is 0 Å². The lowest BCUT2D eigenvalue weighted by Gasteiger charge is -2.14. The van der Waals surface area contributed by atoms with Crippen molar-refractivity contribution in [1.82, 2.24) is 10.6 Å². The minimum atomic E-state index is 0. The first-order chi connectivity index (χ1) is 12.7. The Morgan fingerprint density at radius 2 is 1.63 bits per heavy atom. The standard InChI is InChI=1S/C19H33N3O4.HI/c1-6-20-19(21-10-8-9-11-26-7-2)22-14-15-12-16(23-3)18(25-5)17(13-15)24-4;/h12-13H,6-11,14H2,1-5H3,(H2,20,21,22);1H. The number of methoxy groups -OCH3 is 3. The molecule has 0 aliphatic rings. The van der Waals surface area contributed by atoms with Crippen molar-refractivity contribution in [2.45, 2.75) is 33.2 Å². The third-order valence-corrected chi connectivity index (χ3v) is 3.70. The van der Waals surface area contributed by atoms with Crippen LogP contribution >= 0.6 is 24.0 Å². The van der Waals surface area contributed by atoms with Crippen LogP contribution in [0.5, 0.6) is 17.2 Å². The van der Waals surface area contributed by atoms with E-state index in [1.54, 1.807) is 21.3 Å². The zero-order chi connectivity index (χ0) is 19.2. The van der Waals surface area contributed by atoms with Gasteiger partial charge in [0, 0.05) is 26.3 Å². The number of rotatable bonds is 12. The van der Waals surface area contributed by atoms with Gasteiger partial charge in [-0.3, -0.25) is 0 Å². The number of nitrogens with one attached hydrogen (secondary N) is 2.